The summed E-state index contributed by atoms with van der Waals surface area (Å²) in [5.74, 6) is 0.575. The van der Waals surface area contributed by atoms with E-state index in [1.807, 2.05) is 66.0 Å². The molecule has 2 heterocycles. The molecule has 1 fully saturated rings. The number of ether oxygens (including phenoxy) is 2. The summed E-state index contributed by atoms with van der Waals surface area (Å²) in [5, 5.41) is 3.33. The fraction of sp³-hybridized carbons (Fsp3) is 0.190. The number of hydrogen-bond acceptors (Lipinski definition) is 5. The molecular formula is C21H19NO4S. The molecule has 0 saturated carbocycles. The van der Waals surface area contributed by atoms with Crippen LogP contribution >= 0.6 is 11.3 Å². The molecule has 3 aromatic rings. The number of rotatable bonds is 5. The molecule has 0 radical (unpaired) electrons. The van der Waals surface area contributed by atoms with Gasteiger partial charge >= 0.3 is 0 Å². The van der Waals surface area contributed by atoms with Gasteiger partial charge in [0.05, 0.1) is 11.4 Å². The number of hydrogen-bond donors (Lipinski definition) is 0. The highest BCUT2D eigenvalue weighted by molar-refractivity contribution is 7.10. The van der Waals surface area contributed by atoms with Gasteiger partial charge in [-0.15, -0.1) is 11.3 Å². The Morgan fingerprint density at radius 2 is 1.78 bits per heavy atom. The van der Waals surface area contributed by atoms with Crippen LogP contribution in [0.25, 0.3) is 0 Å². The van der Waals surface area contributed by atoms with Crippen molar-refractivity contribution in [2.75, 3.05) is 13.2 Å². The van der Waals surface area contributed by atoms with E-state index in [1.54, 1.807) is 12.1 Å². The minimum Gasteiger partial charge on any atom is -0.491 e. The molecule has 1 aliphatic rings. The lowest BCUT2D eigenvalue weighted by Crippen LogP contribution is -2.47. The Hall–Kier alpha value is -2.67. The van der Waals surface area contributed by atoms with Crippen LogP contribution in [-0.4, -0.2) is 30.2 Å². The summed E-state index contributed by atoms with van der Waals surface area (Å²) in [7, 11) is 0. The molecule has 0 N–H and O–H groups in total. The molecule has 2 atom stereocenters. The molecule has 138 valence electrons. The Bertz CT molecular complexity index is 854. The minimum atomic E-state index is -0.629. The number of para-hydroxylation sites is 1. The van der Waals surface area contributed by atoms with Crippen molar-refractivity contribution in [2.45, 2.75) is 12.4 Å². The van der Waals surface area contributed by atoms with Gasteiger partial charge in [-0.3, -0.25) is 4.79 Å². The molecule has 1 aliphatic heterocycles. The first-order chi connectivity index (χ1) is 13.3. The van der Waals surface area contributed by atoms with E-state index in [-0.39, 0.29) is 12.0 Å². The van der Waals surface area contributed by atoms with Crippen LogP contribution in [0.4, 0.5) is 0 Å². The van der Waals surface area contributed by atoms with Gasteiger partial charge in [0.2, 0.25) is 6.29 Å². The van der Waals surface area contributed by atoms with E-state index in [1.165, 1.54) is 16.4 Å². The molecule has 1 aromatic heterocycles. The Labute approximate surface area is 161 Å². The normalized spacial score (nSPS) is 19.6. The SMILES string of the molecule is O=C(c1ccccc1)N1CC(COc2ccccc2)OC(c2cccs2)O1. The van der Waals surface area contributed by atoms with Gasteiger partial charge < -0.3 is 9.47 Å². The first kappa shape index (κ1) is 17.7. The topological polar surface area (TPSA) is 48.0 Å². The van der Waals surface area contributed by atoms with Crippen molar-refractivity contribution in [3.05, 3.63) is 88.6 Å². The van der Waals surface area contributed by atoms with Gasteiger partial charge in [0.25, 0.3) is 5.91 Å². The number of amides is 1. The highest BCUT2D eigenvalue weighted by atomic mass is 32.1. The molecule has 1 amide bonds. The summed E-state index contributed by atoms with van der Waals surface area (Å²) in [6, 6.07) is 22.5. The van der Waals surface area contributed by atoms with E-state index in [0.717, 1.165) is 10.6 Å². The summed E-state index contributed by atoms with van der Waals surface area (Å²) in [6.07, 6.45) is -0.936. The third kappa shape index (κ3) is 4.36. The van der Waals surface area contributed by atoms with Crippen molar-refractivity contribution in [3.63, 3.8) is 0 Å². The van der Waals surface area contributed by atoms with Gasteiger partial charge in [0, 0.05) is 5.56 Å². The molecule has 0 bridgehead atoms. The molecule has 2 aromatic carbocycles. The predicted octanol–water partition coefficient (Wildman–Crippen LogP) is 4.30. The molecule has 0 aliphatic carbocycles. The van der Waals surface area contributed by atoms with E-state index in [0.29, 0.717) is 18.7 Å². The van der Waals surface area contributed by atoms with Gasteiger partial charge in [0.1, 0.15) is 18.5 Å². The summed E-state index contributed by atoms with van der Waals surface area (Å²) in [6.45, 7) is 0.621. The molecule has 1 saturated heterocycles. The van der Waals surface area contributed by atoms with E-state index in [4.69, 9.17) is 14.3 Å². The van der Waals surface area contributed by atoms with E-state index < -0.39 is 6.29 Å². The number of thiophene rings is 1. The third-order valence-corrected chi connectivity index (χ3v) is 5.00. The maximum Gasteiger partial charge on any atom is 0.277 e. The molecule has 2 unspecified atom stereocenters. The molecule has 6 heteroatoms. The molecule has 0 spiro atoms. The van der Waals surface area contributed by atoms with Crippen LogP contribution in [0.3, 0.4) is 0 Å². The second kappa shape index (κ2) is 8.35. The van der Waals surface area contributed by atoms with Crippen LogP contribution in [-0.2, 0) is 9.57 Å². The standard InChI is InChI=1S/C21H19NO4S/c23-20(16-8-3-1-4-9-16)22-14-18(15-24-17-10-5-2-6-11-17)25-21(26-22)19-12-7-13-27-19/h1-13,18,21H,14-15H2. The summed E-state index contributed by atoms with van der Waals surface area (Å²) in [5.41, 5.74) is 0.576. The minimum absolute atomic E-state index is 0.190. The van der Waals surface area contributed by atoms with Crippen molar-refractivity contribution >= 4 is 17.2 Å². The second-order valence-corrected chi connectivity index (χ2v) is 7.05. The highest BCUT2D eigenvalue weighted by Crippen LogP contribution is 2.30. The van der Waals surface area contributed by atoms with Gasteiger partial charge in [0.15, 0.2) is 0 Å². The van der Waals surface area contributed by atoms with Crippen LogP contribution in [0, 0.1) is 0 Å². The average molecular weight is 381 g/mol. The van der Waals surface area contributed by atoms with Gasteiger partial charge in [-0.2, -0.15) is 0 Å². The van der Waals surface area contributed by atoms with Crippen molar-refractivity contribution in [3.8, 4) is 5.75 Å². The van der Waals surface area contributed by atoms with Crippen LogP contribution in [0.15, 0.2) is 78.2 Å². The molecule has 5 nitrogen and oxygen atoms in total. The maximum absolute atomic E-state index is 12.8. The zero-order valence-corrected chi connectivity index (χ0v) is 15.4. The van der Waals surface area contributed by atoms with Crippen molar-refractivity contribution < 1.29 is 19.1 Å². The van der Waals surface area contributed by atoms with Gasteiger partial charge in [-0.1, -0.05) is 42.5 Å². The largest absolute Gasteiger partial charge is 0.491 e. The van der Waals surface area contributed by atoms with Crippen LogP contribution < -0.4 is 4.74 Å². The monoisotopic (exact) mass is 381 g/mol. The Morgan fingerprint density at radius 3 is 2.48 bits per heavy atom. The average Bonchev–Trinajstić information content (AvgIpc) is 3.28. The Kier molecular flexibility index (Phi) is 5.48. The third-order valence-electron chi connectivity index (χ3n) is 4.11. The van der Waals surface area contributed by atoms with Crippen molar-refractivity contribution in [2.24, 2.45) is 0 Å². The predicted molar refractivity (Wildman–Crippen MR) is 102 cm³/mol. The molecule has 27 heavy (non-hydrogen) atoms. The Balaban J connectivity index is 1.50. The number of hydroxylamine groups is 2. The fourth-order valence-corrected chi connectivity index (χ4v) is 3.47. The lowest BCUT2D eigenvalue weighted by molar-refractivity contribution is -0.324. The van der Waals surface area contributed by atoms with E-state index in [9.17, 15) is 4.79 Å². The molecular weight excluding hydrogens is 362 g/mol. The maximum atomic E-state index is 12.8. The smallest absolute Gasteiger partial charge is 0.277 e. The van der Waals surface area contributed by atoms with Crippen LogP contribution in [0.1, 0.15) is 21.5 Å². The first-order valence-corrected chi connectivity index (χ1v) is 9.58. The zero-order valence-electron chi connectivity index (χ0n) is 14.6. The highest BCUT2D eigenvalue weighted by Gasteiger charge is 2.34. The zero-order chi connectivity index (χ0) is 18.5. The first-order valence-electron chi connectivity index (χ1n) is 8.70. The lowest BCUT2D eigenvalue weighted by Gasteiger charge is -2.36. The van der Waals surface area contributed by atoms with Gasteiger partial charge in [-0.05, 0) is 35.7 Å². The number of carbonyl (C=O) groups is 1. The Morgan fingerprint density at radius 1 is 1.04 bits per heavy atom. The summed E-state index contributed by atoms with van der Waals surface area (Å²) >= 11 is 1.53. The molecule has 4 rings (SSSR count). The summed E-state index contributed by atoms with van der Waals surface area (Å²) in [4.78, 5) is 19.6. The van der Waals surface area contributed by atoms with Crippen LogP contribution in [0.2, 0.25) is 0 Å². The number of nitrogens with zero attached hydrogens (tertiary/aromatic N) is 1. The fourth-order valence-electron chi connectivity index (χ4n) is 2.78. The van der Waals surface area contributed by atoms with Crippen LogP contribution in [0.5, 0.6) is 5.75 Å². The number of benzene rings is 2. The van der Waals surface area contributed by atoms with Gasteiger partial charge in [-0.25, -0.2) is 9.90 Å². The quantitative estimate of drug-likeness (QED) is 0.661. The lowest BCUT2D eigenvalue weighted by atomic mass is 10.2. The summed E-state index contributed by atoms with van der Waals surface area (Å²) < 4.78 is 11.9. The van der Waals surface area contributed by atoms with Crippen molar-refractivity contribution in [1.82, 2.24) is 5.06 Å². The second-order valence-electron chi connectivity index (χ2n) is 6.07. The van der Waals surface area contributed by atoms with E-state index in [2.05, 4.69) is 0 Å². The van der Waals surface area contributed by atoms with E-state index >= 15 is 0 Å². The number of carbonyl (C=O) groups excluding carboxylic acids is 1. The van der Waals surface area contributed by atoms with Crippen molar-refractivity contribution in [1.29, 1.82) is 0 Å².